The van der Waals surface area contributed by atoms with Gasteiger partial charge in [-0.05, 0) is 31.0 Å². The van der Waals surface area contributed by atoms with Gasteiger partial charge in [0.1, 0.15) is 0 Å². The molecule has 2 heterocycles. The molecule has 110 valence electrons. The molecule has 1 unspecified atom stereocenters. The van der Waals surface area contributed by atoms with Gasteiger partial charge in [0.2, 0.25) is 0 Å². The van der Waals surface area contributed by atoms with Crippen LogP contribution in [0.25, 0.3) is 0 Å². The van der Waals surface area contributed by atoms with E-state index in [0.717, 1.165) is 18.8 Å². The first-order valence-corrected chi connectivity index (χ1v) is 7.74. The number of pyridine rings is 1. The van der Waals surface area contributed by atoms with Crippen molar-refractivity contribution in [3.05, 3.63) is 66.0 Å². The van der Waals surface area contributed by atoms with Gasteiger partial charge in [-0.2, -0.15) is 0 Å². The van der Waals surface area contributed by atoms with Crippen LogP contribution in [0, 0.1) is 0 Å². The second-order valence-corrected chi connectivity index (χ2v) is 5.85. The molecular formula is C18H23N3. The molecule has 0 bridgehead atoms. The summed E-state index contributed by atoms with van der Waals surface area (Å²) in [4.78, 5) is 6.96. The van der Waals surface area contributed by atoms with Crippen molar-refractivity contribution < 1.29 is 0 Å². The molecule has 1 saturated heterocycles. The predicted molar refractivity (Wildman–Crippen MR) is 85.9 cm³/mol. The Labute approximate surface area is 127 Å². The van der Waals surface area contributed by atoms with Gasteiger partial charge in [-0.1, -0.05) is 36.4 Å². The van der Waals surface area contributed by atoms with Gasteiger partial charge >= 0.3 is 0 Å². The van der Waals surface area contributed by atoms with Crippen LogP contribution in [0.5, 0.6) is 0 Å². The molecule has 0 aliphatic carbocycles. The van der Waals surface area contributed by atoms with E-state index < -0.39 is 0 Å². The van der Waals surface area contributed by atoms with Crippen LogP contribution < -0.4 is 5.32 Å². The van der Waals surface area contributed by atoms with Gasteiger partial charge in [-0.25, -0.2) is 0 Å². The quantitative estimate of drug-likeness (QED) is 0.913. The Hall–Kier alpha value is -1.71. The molecule has 0 spiro atoms. The van der Waals surface area contributed by atoms with Crippen molar-refractivity contribution in [2.24, 2.45) is 0 Å². The molecule has 1 fully saturated rings. The minimum atomic E-state index is 0.313. The Morgan fingerprint density at radius 1 is 1.19 bits per heavy atom. The van der Waals surface area contributed by atoms with Crippen molar-refractivity contribution in [2.75, 3.05) is 13.1 Å². The van der Waals surface area contributed by atoms with Gasteiger partial charge < -0.3 is 5.32 Å². The summed E-state index contributed by atoms with van der Waals surface area (Å²) in [5.41, 5.74) is 2.52. The lowest BCUT2D eigenvalue weighted by atomic mass is 10.1. The zero-order valence-corrected chi connectivity index (χ0v) is 12.6. The fourth-order valence-corrected chi connectivity index (χ4v) is 3.02. The van der Waals surface area contributed by atoms with E-state index in [9.17, 15) is 0 Å². The molecule has 3 nitrogen and oxygen atoms in total. The lowest BCUT2D eigenvalue weighted by molar-refractivity contribution is 0.315. The fourth-order valence-electron chi connectivity index (χ4n) is 3.02. The van der Waals surface area contributed by atoms with Gasteiger partial charge in [-0.3, -0.25) is 9.88 Å². The minimum Gasteiger partial charge on any atom is -0.305 e. The molecule has 3 rings (SSSR count). The van der Waals surface area contributed by atoms with Crippen molar-refractivity contribution in [2.45, 2.75) is 32.0 Å². The van der Waals surface area contributed by atoms with Crippen LogP contribution in [0.15, 0.2) is 54.7 Å². The number of hydrogen-bond acceptors (Lipinski definition) is 3. The highest BCUT2D eigenvalue weighted by Crippen LogP contribution is 2.17. The topological polar surface area (TPSA) is 28.2 Å². The number of hydrogen-bond donors (Lipinski definition) is 1. The molecule has 2 atom stereocenters. The number of nitrogens with zero attached hydrogens (tertiary/aromatic N) is 2. The molecule has 1 aliphatic rings. The van der Waals surface area contributed by atoms with E-state index in [1.807, 2.05) is 12.3 Å². The Bertz CT molecular complexity index is 541. The Morgan fingerprint density at radius 3 is 2.76 bits per heavy atom. The zero-order chi connectivity index (χ0) is 14.5. The van der Waals surface area contributed by atoms with E-state index in [4.69, 9.17) is 0 Å². The molecule has 0 amide bonds. The third-order valence-corrected chi connectivity index (χ3v) is 4.14. The highest BCUT2D eigenvalue weighted by Gasteiger charge is 2.23. The number of likely N-dealkylation sites (tertiary alicyclic amines) is 1. The average molecular weight is 281 g/mol. The summed E-state index contributed by atoms with van der Waals surface area (Å²) >= 11 is 0. The van der Waals surface area contributed by atoms with Crippen LogP contribution in [0.4, 0.5) is 0 Å². The molecule has 21 heavy (non-hydrogen) atoms. The molecule has 1 aromatic heterocycles. The third-order valence-electron chi connectivity index (χ3n) is 4.14. The first-order chi connectivity index (χ1) is 10.3. The van der Waals surface area contributed by atoms with Crippen LogP contribution in [0.3, 0.4) is 0 Å². The largest absolute Gasteiger partial charge is 0.305 e. The molecule has 1 aromatic carbocycles. The van der Waals surface area contributed by atoms with Gasteiger partial charge in [0.15, 0.2) is 0 Å². The van der Waals surface area contributed by atoms with Crippen molar-refractivity contribution in [3.8, 4) is 0 Å². The lowest BCUT2D eigenvalue weighted by Gasteiger charge is -2.20. The number of aromatic nitrogens is 1. The van der Waals surface area contributed by atoms with Gasteiger partial charge in [0.05, 0.1) is 5.69 Å². The van der Waals surface area contributed by atoms with E-state index >= 15 is 0 Å². The molecule has 2 aromatic rings. The standard InChI is InChI=1S/C18H23N3/c1-15(18-9-5-6-11-19-18)20-17-10-12-21(14-17)13-16-7-3-2-4-8-16/h2-9,11,15,17,20H,10,12-14H2,1H3/t15-,17?/m0/s1. The van der Waals surface area contributed by atoms with Crippen LogP contribution in [-0.2, 0) is 6.54 Å². The van der Waals surface area contributed by atoms with Gasteiger partial charge in [-0.15, -0.1) is 0 Å². The Balaban J connectivity index is 1.51. The maximum atomic E-state index is 4.43. The van der Waals surface area contributed by atoms with Crippen LogP contribution in [0.1, 0.15) is 30.6 Å². The molecule has 1 aliphatic heterocycles. The highest BCUT2D eigenvalue weighted by atomic mass is 15.2. The maximum Gasteiger partial charge on any atom is 0.0570 e. The van der Waals surface area contributed by atoms with Crippen molar-refractivity contribution >= 4 is 0 Å². The third kappa shape index (κ3) is 3.90. The van der Waals surface area contributed by atoms with E-state index in [2.05, 4.69) is 64.6 Å². The second-order valence-electron chi connectivity index (χ2n) is 5.85. The maximum absolute atomic E-state index is 4.43. The van der Waals surface area contributed by atoms with Crippen LogP contribution in [0.2, 0.25) is 0 Å². The van der Waals surface area contributed by atoms with Crippen molar-refractivity contribution in [1.29, 1.82) is 0 Å². The number of nitrogens with one attached hydrogen (secondary N) is 1. The average Bonchev–Trinajstić information content (AvgIpc) is 2.96. The van der Waals surface area contributed by atoms with Crippen LogP contribution >= 0.6 is 0 Å². The number of benzene rings is 1. The molecule has 1 N–H and O–H groups in total. The number of rotatable bonds is 5. The molecule has 0 saturated carbocycles. The fraction of sp³-hybridized carbons (Fsp3) is 0.389. The smallest absolute Gasteiger partial charge is 0.0570 e. The summed E-state index contributed by atoms with van der Waals surface area (Å²) in [6.45, 7) is 5.53. The van der Waals surface area contributed by atoms with Gasteiger partial charge in [0.25, 0.3) is 0 Å². The van der Waals surface area contributed by atoms with E-state index in [-0.39, 0.29) is 0 Å². The SMILES string of the molecule is C[C@H](NC1CCN(Cc2ccccc2)C1)c1ccccn1. The lowest BCUT2D eigenvalue weighted by Crippen LogP contribution is -2.34. The Kier molecular flexibility index (Phi) is 4.63. The van der Waals surface area contributed by atoms with E-state index in [1.165, 1.54) is 18.5 Å². The normalized spacial score (nSPS) is 20.5. The molecule has 0 radical (unpaired) electrons. The summed E-state index contributed by atoms with van der Waals surface area (Å²) in [7, 11) is 0. The first-order valence-electron chi connectivity index (χ1n) is 7.74. The second kappa shape index (κ2) is 6.83. The van der Waals surface area contributed by atoms with Crippen LogP contribution in [-0.4, -0.2) is 29.0 Å². The monoisotopic (exact) mass is 281 g/mol. The first kappa shape index (κ1) is 14.2. The summed E-state index contributed by atoms with van der Waals surface area (Å²) in [6.07, 6.45) is 3.08. The summed E-state index contributed by atoms with van der Waals surface area (Å²) < 4.78 is 0. The summed E-state index contributed by atoms with van der Waals surface area (Å²) in [5, 5.41) is 3.71. The summed E-state index contributed by atoms with van der Waals surface area (Å²) in [5.74, 6) is 0. The van der Waals surface area contributed by atoms with Crippen molar-refractivity contribution in [1.82, 2.24) is 15.2 Å². The van der Waals surface area contributed by atoms with E-state index in [0.29, 0.717) is 12.1 Å². The van der Waals surface area contributed by atoms with Gasteiger partial charge in [0, 0.05) is 37.9 Å². The molecule has 3 heteroatoms. The summed E-state index contributed by atoms with van der Waals surface area (Å²) in [6, 6.07) is 17.7. The highest BCUT2D eigenvalue weighted by molar-refractivity contribution is 5.15. The Morgan fingerprint density at radius 2 is 2.00 bits per heavy atom. The zero-order valence-electron chi connectivity index (χ0n) is 12.6. The predicted octanol–water partition coefficient (Wildman–Crippen LogP) is 3.01. The molecular weight excluding hydrogens is 258 g/mol. The van der Waals surface area contributed by atoms with E-state index in [1.54, 1.807) is 0 Å². The van der Waals surface area contributed by atoms with Crippen molar-refractivity contribution in [3.63, 3.8) is 0 Å². The minimum absolute atomic E-state index is 0.313.